The lowest BCUT2D eigenvalue weighted by Gasteiger charge is -2.09. The molecule has 1 heterocycles. The van der Waals surface area contributed by atoms with Crippen LogP contribution in [0.5, 0.6) is 0 Å². The van der Waals surface area contributed by atoms with Gasteiger partial charge < -0.3 is 10.1 Å². The zero-order valence-corrected chi connectivity index (χ0v) is 20.8. The Balaban J connectivity index is 1.48. The number of nitrogens with zero attached hydrogens (tertiary/aromatic N) is 2. The summed E-state index contributed by atoms with van der Waals surface area (Å²) >= 11 is 1.41. The molecule has 7 heteroatoms. The first-order valence-corrected chi connectivity index (χ1v) is 12.4. The van der Waals surface area contributed by atoms with Gasteiger partial charge in [-0.2, -0.15) is 0 Å². The maximum atomic E-state index is 12.6. The zero-order valence-electron chi connectivity index (χ0n) is 20.0. The van der Waals surface area contributed by atoms with E-state index in [0.717, 1.165) is 33.3 Å². The van der Waals surface area contributed by atoms with Gasteiger partial charge in [-0.1, -0.05) is 30.3 Å². The molecule has 0 radical (unpaired) electrons. The first-order valence-electron chi connectivity index (χ1n) is 11.4. The van der Waals surface area contributed by atoms with Crippen LogP contribution in [0.25, 0.3) is 0 Å². The molecule has 3 aromatic rings. The fourth-order valence-corrected chi connectivity index (χ4v) is 4.37. The molecule has 6 nitrogen and oxygen atoms in total. The predicted molar refractivity (Wildman–Crippen MR) is 144 cm³/mol. The Labute approximate surface area is 209 Å². The number of carbonyl (C=O) groups excluding carboxylic acids is 2. The first kappa shape index (κ1) is 24.4. The van der Waals surface area contributed by atoms with Gasteiger partial charge >= 0.3 is 5.97 Å². The lowest BCUT2D eigenvalue weighted by molar-refractivity contribution is -0.113. The summed E-state index contributed by atoms with van der Waals surface area (Å²) in [6.45, 7) is 6.21. The highest BCUT2D eigenvalue weighted by atomic mass is 32.2. The second kappa shape index (κ2) is 11.1. The minimum absolute atomic E-state index is 0.149. The van der Waals surface area contributed by atoms with Crippen LogP contribution in [0.15, 0.2) is 76.7 Å². The highest BCUT2D eigenvalue weighted by Crippen LogP contribution is 2.36. The monoisotopic (exact) mass is 485 g/mol. The van der Waals surface area contributed by atoms with Crippen molar-refractivity contribution in [3.05, 3.63) is 89.0 Å². The minimum atomic E-state index is -0.381. The molecule has 3 aromatic carbocycles. The van der Waals surface area contributed by atoms with Crippen LogP contribution in [-0.2, 0) is 9.53 Å². The fourth-order valence-electron chi connectivity index (χ4n) is 3.60. The Kier molecular flexibility index (Phi) is 7.77. The van der Waals surface area contributed by atoms with Crippen molar-refractivity contribution in [2.24, 2.45) is 9.98 Å². The van der Waals surface area contributed by atoms with Crippen LogP contribution in [0.2, 0.25) is 0 Å². The van der Waals surface area contributed by atoms with E-state index < -0.39 is 0 Å². The predicted octanol–water partition coefficient (Wildman–Crippen LogP) is 6.41. The molecule has 0 aromatic heterocycles. The third-order valence-corrected chi connectivity index (χ3v) is 6.54. The Hall–Kier alpha value is -3.71. The van der Waals surface area contributed by atoms with Crippen LogP contribution >= 0.6 is 11.8 Å². The Morgan fingerprint density at radius 3 is 2.26 bits per heavy atom. The number of fused-ring (bicyclic) bond motifs is 1. The van der Waals surface area contributed by atoms with Gasteiger partial charge in [-0.3, -0.25) is 9.79 Å². The summed E-state index contributed by atoms with van der Waals surface area (Å²) in [4.78, 5) is 34.3. The molecule has 0 bridgehead atoms. The van der Waals surface area contributed by atoms with E-state index in [2.05, 4.69) is 25.2 Å². The number of esters is 1. The largest absolute Gasteiger partial charge is 0.462 e. The third-order valence-electron chi connectivity index (χ3n) is 5.57. The molecule has 0 unspecified atom stereocenters. The molecule has 1 N–H and O–H groups in total. The van der Waals surface area contributed by atoms with Crippen LogP contribution in [-0.4, -0.2) is 35.0 Å². The summed E-state index contributed by atoms with van der Waals surface area (Å²) in [5, 5.41) is 3.71. The molecule has 0 aliphatic carbocycles. The van der Waals surface area contributed by atoms with E-state index in [1.165, 1.54) is 17.3 Å². The van der Waals surface area contributed by atoms with Gasteiger partial charge in [-0.25, -0.2) is 9.79 Å². The molecule has 0 fully saturated rings. The Morgan fingerprint density at radius 2 is 1.60 bits per heavy atom. The minimum Gasteiger partial charge on any atom is -0.462 e. The van der Waals surface area contributed by atoms with Crippen molar-refractivity contribution in [3.63, 3.8) is 0 Å². The number of rotatable bonds is 6. The van der Waals surface area contributed by atoms with Gasteiger partial charge in [0.25, 0.3) is 0 Å². The molecule has 178 valence electrons. The number of amides is 1. The normalized spacial score (nSPS) is 12.7. The van der Waals surface area contributed by atoms with Crippen LogP contribution < -0.4 is 5.32 Å². The number of aryl methyl sites for hydroxylation is 2. The number of carbonyl (C=O) groups is 2. The number of benzene rings is 3. The number of thioether (sulfide) groups is 1. The van der Waals surface area contributed by atoms with Crippen LogP contribution in [0.4, 0.5) is 17.1 Å². The summed E-state index contributed by atoms with van der Waals surface area (Å²) in [7, 11) is 0. The van der Waals surface area contributed by atoms with Crippen LogP contribution in [0.3, 0.4) is 0 Å². The second-order valence-corrected chi connectivity index (χ2v) is 9.22. The molecular formula is C28H27N3O3S. The van der Waals surface area contributed by atoms with Crippen molar-refractivity contribution in [1.82, 2.24) is 0 Å². The van der Waals surface area contributed by atoms with E-state index in [4.69, 9.17) is 14.7 Å². The summed E-state index contributed by atoms with van der Waals surface area (Å²) < 4.78 is 4.99. The SMILES string of the molecule is CCOC(=O)c1ccc(NC(=O)CSC2=Nc3cc(C)c(C)cc3N=C(c3ccccc3)C2)cc1. The maximum Gasteiger partial charge on any atom is 0.338 e. The van der Waals surface area contributed by atoms with Crippen molar-refractivity contribution in [3.8, 4) is 0 Å². The van der Waals surface area contributed by atoms with E-state index in [1.54, 1.807) is 31.2 Å². The van der Waals surface area contributed by atoms with Crippen molar-refractivity contribution >= 4 is 51.5 Å². The maximum absolute atomic E-state index is 12.6. The average Bonchev–Trinajstić information content (AvgIpc) is 3.03. The molecule has 1 aliphatic rings. The number of hydrogen-bond donors (Lipinski definition) is 1. The summed E-state index contributed by atoms with van der Waals surface area (Å²) in [6.07, 6.45) is 0.545. The van der Waals surface area contributed by atoms with E-state index >= 15 is 0 Å². The molecule has 0 saturated heterocycles. The van der Waals surface area contributed by atoms with Gasteiger partial charge in [0, 0.05) is 12.1 Å². The van der Waals surface area contributed by atoms with Gasteiger partial charge in [0.15, 0.2) is 0 Å². The second-order valence-electron chi connectivity index (χ2n) is 8.17. The fraction of sp³-hybridized carbons (Fsp3) is 0.214. The highest BCUT2D eigenvalue weighted by molar-refractivity contribution is 8.14. The van der Waals surface area contributed by atoms with Gasteiger partial charge in [0.1, 0.15) is 0 Å². The molecular weight excluding hydrogens is 458 g/mol. The highest BCUT2D eigenvalue weighted by Gasteiger charge is 2.17. The topological polar surface area (TPSA) is 80.1 Å². The first-order chi connectivity index (χ1) is 16.9. The van der Waals surface area contributed by atoms with Crippen LogP contribution in [0.1, 0.15) is 40.4 Å². The quantitative estimate of drug-likeness (QED) is 0.409. The molecule has 35 heavy (non-hydrogen) atoms. The number of anilines is 1. The lowest BCUT2D eigenvalue weighted by atomic mass is 10.1. The molecule has 1 amide bonds. The number of aliphatic imine (C=N–C) groups is 2. The molecule has 0 atom stereocenters. The van der Waals surface area contributed by atoms with Crippen molar-refractivity contribution in [2.45, 2.75) is 27.2 Å². The van der Waals surface area contributed by atoms with Crippen molar-refractivity contribution in [2.75, 3.05) is 17.7 Å². The molecule has 0 saturated carbocycles. The standard InChI is InChI=1S/C28H27N3O3S/c1-4-34-28(33)21-10-12-22(13-11-21)29-26(32)17-35-27-16-23(20-8-6-5-7-9-20)30-24-14-18(2)19(3)15-25(24)31-27/h5-15H,4,16-17H2,1-3H3,(H,29,32). The van der Waals surface area contributed by atoms with E-state index in [0.29, 0.717) is 24.3 Å². The molecule has 1 aliphatic heterocycles. The molecule has 4 rings (SSSR count). The summed E-state index contributed by atoms with van der Waals surface area (Å²) in [5.41, 5.74) is 7.01. The third kappa shape index (κ3) is 6.25. The van der Waals surface area contributed by atoms with E-state index in [9.17, 15) is 9.59 Å². The number of hydrogen-bond acceptors (Lipinski definition) is 6. The summed E-state index contributed by atoms with van der Waals surface area (Å²) in [5.74, 6) is -0.320. The van der Waals surface area contributed by atoms with Gasteiger partial charge in [0.2, 0.25) is 5.91 Å². The van der Waals surface area contributed by atoms with Gasteiger partial charge in [-0.15, -0.1) is 11.8 Å². The van der Waals surface area contributed by atoms with Crippen molar-refractivity contribution < 1.29 is 14.3 Å². The smallest absolute Gasteiger partial charge is 0.338 e. The van der Waals surface area contributed by atoms with Crippen LogP contribution in [0, 0.1) is 13.8 Å². The van der Waals surface area contributed by atoms with E-state index in [1.807, 2.05) is 36.4 Å². The average molecular weight is 486 g/mol. The van der Waals surface area contributed by atoms with Gasteiger partial charge in [0.05, 0.1) is 40.1 Å². The summed E-state index contributed by atoms with van der Waals surface area (Å²) in [6, 6.07) is 20.8. The number of nitrogens with one attached hydrogen (secondary N) is 1. The lowest BCUT2D eigenvalue weighted by Crippen LogP contribution is -2.16. The molecule has 0 spiro atoms. The Bertz CT molecular complexity index is 1300. The van der Waals surface area contributed by atoms with E-state index in [-0.39, 0.29) is 17.6 Å². The zero-order chi connectivity index (χ0) is 24.8. The van der Waals surface area contributed by atoms with Crippen molar-refractivity contribution in [1.29, 1.82) is 0 Å². The number of ether oxygens (including phenoxy) is 1. The van der Waals surface area contributed by atoms with Gasteiger partial charge in [-0.05, 0) is 73.9 Å². The Morgan fingerprint density at radius 1 is 0.943 bits per heavy atom.